The first-order valence-corrected chi connectivity index (χ1v) is 9.11. The quantitative estimate of drug-likeness (QED) is 0.788. The van der Waals surface area contributed by atoms with Crippen LogP contribution in [0.3, 0.4) is 0 Å². The van der Waals surface area contributed by atoms with Crippen molar-refractivity contribution in [2.24, 2.45) is 7.05 Å². The van der Waals surface area contributed by atoms with E-state index in [1.165, 1.54) is 32.1 Å². The number of likely N-dealkylation sites (tertiary alicyclic amines) is 1. The molecule has 2 aromatic rings. The maximum atomic E-state index is 5.62. The summed E-state index contributed by atoms with van der Waals surface area (Å²) in [6, 6.07) is 7.94. The number of hydrogen-bond donors (Lipinski definition) is 0. The van der Waals surface area contributed by atoms with Gasteiger partial charge in [-0.1, -0.05) is 31.4 Å². The molecule has 24 heavy (non-hydrogen) atoms. The van der Waals surface area contributed by atoms with Crippen LogP contribution in [0, 0.1) is 4.77 Å². The number of nitrogens with zero attached hydrogens (tertiary/aromatic N) is 4. The van der Waals surface area contributed by atoms with Gasteiger partial charge in [0, 0.05) is 7.05 Å². The summed E-state index contributed by atoms with van der Waals surface area (Å²) in [5.74, 6) is 1.67. The molecule has 1 aromatic heterocycles. The molecule has 0 N–H and O–H groups in total. The molecular weight excluding hydrogens is 320 g/mol. The highest BCUT2D eigenvalue weighted by molar-refractivity contribution is 7.71. The van der Waals surface area contributed by atoms with Crippen LogP contribution in [-0.4, -0.2) is 39.4 Å². The molecule has 1 aliphatic heterocycles. The lowest BCUT2D eigenvalue weighted by atomic mass is 10.1. The molecule has 0 spiro atoms. The van der Waals surface area contributed by atoms with Crippen molar-refractivity contribution in [3.8, 4) is 17.1 Å². The third-order valence-electron chi connectivity index (χ3n) is 4.67. The van der Waals surface area contributed by atoms with Crippen molar-refractivity contribution in [2.75, 3.05) is 20.2 Å². The standard InChI is InChI=1S/C18H26N4OS/c1-20-17(15-10-6-7-11-16(15)23-2)19-22(18(20)24)14-21-12-8-4-3-5-9-13-21/h6-7,10-11H,3-5,8-9,12-14H2,1-2H3. The Hall–Kier alpha value is -1.66. The predicted octanol–water partition coefficient (Wildman–Crippen LogP) is 3.85. The number of methoxy groups -OCH3 is 1. The smallest absolute Gasteiger partial charge is 0.199 e. The molecule has 6 heteroatoms. The summed E-state index contributed by atoms with van der Waals surface area (Å²) in [4.78, 5) is 2.47. The Balaban J connectivity index is 1.87. The van der Waals surface area contributed by atoms with Crippen LogP contribution in [0.2, 0.25) is 0 Å². The van der Waals surface area contributed by atoms with Gasteiger partial charge in [-0.25, -0.2) is 4.68 Å². The Kier molecular flexibility index (Phi) is 5.68. The second kappa shape index (κ2) is 7.94. The van der Waals surface area contributed by atoms with Crippen molar-refractivity contribution in [3.63, 3.8) is 0 Å². The molecule has 3 rings (SSSR count). The van der Waals surface area contributed by atoms with Crippen LogP contribution in [0.5, 0.6) is 5.75 Å². The van der Waals surface area contributed by atoms with Crippen molar-refractivity contribution < 1.29 is 4.74 Å². The minimum absolute atomic E-state index is 0.748. The van der Waals surface area contributed by atoms with Crippen LogP contribution in [0.4, 0.5) is 0 Å². The number of benzene rings is 1. The number of hydrogen-bond acceptors (Lipinski definition) is 4. The van der Waals surface area contributed by atoms with Gasteiger partial charge >= 0.3 is 0 Å². The van der Waals surface area contributed by atoms with Crippen molar-refractivity contribution in [1.29, 1.82) is 0 Å². The first-order valence-electron chi connectivity index (χ1n) is 8.70. The SMILES string of the molecule is COc1ccccc1-c1nn(CN2CCCCCCC2)c(=S)n1C. The van der Waals surface area contributed by atoms with Crippen molar-refractivity contribution >= 4 is 12.2 Å². The van der Waals surface area contributed by atoms with E-state index in [0.29, 0.717) is 0 Å². The van der Waals surface area contributed by atoms with Crippen LogP contribution < -0.4 is 4.74 Å². The highest BCUT2D eigenvalue weighted by atomic mass is 32.1. The van der Waals surface area contributed by atoms with E-state index in [0.717, 1.165) is 41.7 Å². The molecular formula is C18H26N4OS. The topological polar surface area (TPSA) is 35.2 Å². The van der Waals surface area contributed by atoms with Crippen molar-refractivity contribution in [1.82, 2.24) is 19.2 Å². The monoisotopic (exact) mass is 346 g/mol. The van der Waals surface area contributed by atoms with E-state index in [2.05, 4.69) is 4.90 Å². The van der Waals surface area contributed by atoms with Crippen molar-refractivity contribution in [3.05, 3.63) is 29.0 Å². The van der Waals surface area contributed by atoms with Gasteiger partial charge in [0.2, 0.25) is 0 Å². The Morgan fingerprint density at radius 2 is 1.75 bits per heavy atom. The third-order valence-corrected chi connectivity index (χ3v) is 5.16. The molecule has 1 aliphatic rings. The molecule has 0 amide bonds. The Morgan fingerprint density at radius 3 is 2.46 bits per heavy atom. The molecule has 0 aliphatic carbocycles. The zero-order valence-corrected chi connectivity index (χ0v) is 15.4. The fourth-order valence-electron chi connectivity index (χ4n) is 3.29. The number of rotatable bonds is 4. The van der Waals surface area contributed by atoms with Gasteiger partial charge in [-0.05, 0) is 50.3 Å². The molecule has 0 bridgehead atoms. The average Bonchev–Trinajstić information content (AvgIpc) is 2.85. The predicted molar refractivity (Wildman–Crippen MR) is 98.7 cm³/mol. The van der Waals surface area contributed by atoms with Gasteiger partial charge in [0.1, 0.15) is 5.75 Å². The van der Waals surface area contributed by atoms with Gasteiger partial charge in [0.15, 0.2) is 10.6 Å². The lowest BCUT2D eigenvalue weighted by Crippen LogP contribution is -2.30. The second-order valence-corrected chi connectivity index (χ2v) is 6.76. The van der Waals surface area contributed by atoms with Crippen LogP contribution in [0.25, 0.3) is 11.4 Å². The molecule has 1 fully saturated rings. The lowest BCUT2D eigenvalue weighted by Gasteiger charge is -2.23. The normalized spacial score (nSPS) is 16.6. The lowest BCUT2D eigenvalue weighted by molar-refractivity contribution is 0.188. The third kappa shape index (κ3) is 3.70. The van der Waals surface area contributed by atoms with Crippen molar-refractivity contribution in [2.45, 2.75) is 38.8 Å². The first kappa shape index (κ1) is 17.2. The van der Waals surface area contributed by atoms with Crippen LogP contribution >= 0.6 is 12.2 Å². The molecule has 0 unspecified atom stereocenters. The molecule has 0 radical (unpaired) electrons. The average molecular weight is 347 g/mol. The van der Waals surface area contributed by atoms with Gasteiger partial charge < -0.3 is 9.30 Å². The molecule has 130 valence electrons. The molecule has 5 nitrogen and oxygen atoms in total. The number of para-hydroxylation sites is 1. The largest absolute Gasteiger partial charge is 0.496 e. The van der Waals surface area contributed by atoms with E-state index in [9.17, 15) is 0 Å². The summed E-state index contributed by atoms with van der Waals surface area (Å²) in [6.07, 6.45) is 6.56. The van der Waals surface area contributed by atoms with E-state index in [-0.39, 0.29) is 0 Å². The summed E-state index contributed by atoms with van der Waals surface area (Å²) in [5, 5.41) is 4.79. The molecule has 1 saturated heterocycles. The van der Waals surface area contributed by atoms with E-state index in [1.54, 1.807) is 7.11 Å². The highest BCUT2D eigenvalue weighted by Gasteiger charge is 2.16. The summed E-state index contributed by atoms with van der Waals surface area (Å²) in [5.41, 5.74) is 0.972. The summed E-state index contributed by atoms with van der Waals surface area (Å²) >= 11 is 5.62. The van der Waals surface area contributed by atoms with Gasteiger partial charge in [-0.2, -0.15) is 5.10 Å². The Labute approximate surface area is 148 Å². The van der Waals surface area contributed by atoms with Gasteiger partial charge in [0.25, 0.3) is 0 Å². The Morgan fingerprint density at radius 1 is 1.08 bits per heavy atom. The fraction of sp³-hybridized carbons (Fsp3) is 0.556. The summed E-state index contributed by atoms with van der Waals surface area (Å²) in [7, 11) is 3.66. The second-order valence-electron chi connectivity index (χ2n) is 6.39. The van der Waals surface area contributed by atoms with E-state index >= 15 is 0 Å². The molecule has 0 saturated carbocycles. The van der Waals surface area contributed by atoms with Crippen LogP contribution in [0.1, 0.15) is 32.1 Å². The van der Waals surface area contributed by atoms with E-state index < -0.39 is 0 Å². The molecule has 1 aromatic carbocycles. The minimum atomic E-state index is 0.748. The Bertz CT molecular complexity index is 729. The van der Waals surface area contributed by atoms with E-state index in [1.807, 2.05) is 40.6 Å². The summed E-state index contributed by atoms with van der Waals surface area (Å²) in [6.45, 7) is 3.02. The van der Waals surface area contributed by atoms with Gasteiger partial charge in [-0.15, -0.1) is 0 Å². The zero-order chi connectivity index (χ0) is 16.9. The molecule has 2 heterocycles. The van der Waals surface area contributed by atoms with Gasteiger partial charge in [0.05, 0.1) is 19.3 Å². The molecule has 0 atom stereocenters. The van der Waals surface area contributed by atoms with E-state index in [4.69, 9.17) is 22.1 Å². The van der Waals surface area contributed by atoms with Crippen LogP contribution in [-0.2, 0) is 13.7 Å². The summed E-state index contributed by atoms with van der Waals surface area (Å²) < 4.78 is 10.1. The first-order chi connectivity index (χ1) is 11.7. The number of ether oxygens (including phenoxy) is 1. The highest BCUT2D eigenvalue weighted by Crippen LogP contribution is 2.28. The number of aromatic nitrogens is 3. The maximum absolute atomic E-state index is 5.62. The minimum Gasteiger partial charge on any atom is -0.496 e. The van der Waals surface area contributed by atoms with Crippen LogP contribution in [0.15, 0.2) is 24.3 Å². The maximum Gasteiger partial charge on any atom is 0.199 e. The zero-order valence-electron chi connectivity index (χ0n) is 14.6. The fourth-order valence-corrected chi connectivity index (χ4v) is 3.47. The van der Waals surface area contributed by atoms with Gasteiger partial charge in [-0.3, -0.25) is 4.90 Å².